The van der Waals surface area contributed by atoms with Gasteiger partial charge in [0.2, 0.25) is 10.0 Å². The van der Waals surface area contributed by atoms with E-state index in [1.54, 1.807) is 0 Å². The minimum atomic E-state index is -3.66. The summed E-state index contributed by atoms with van der Waals surface area (Å²) in [6.45, 7) is 2.13. The van der Waals surface area contributed by atoms with Crippen LogP contribution in [0.4, 0.5) is 10.1 Å². The third kappa shape index (κ3) is 3.83. The molecule has 0 radical (unpaired) electrons. The molecule has 0 saturated heterocycles. The van der Waals surface area contributed by atoms with Crippen LogP contribution >= 0.6 is 0 Å². The van der Waals surface area contributed by atoms with E-state index in [1.165, 1.54) is 0 Å². The fraction of sp³-hybridized carbons (Fsp3) is 0.273. The Hall–Kier alpha value is -1.40. The lowest BCUT2D eigenvalue weighted by atomic mass is 10.3. The molecule has 0 bridgehead atoms. The molecule has 0 unspecified atom stereocenters. The van der Waals surface area contributed by atoms with Gasteiger partial charge in [0, 0.05) is 6.54 Å². The van der Waals surface area contributed by atoms with Crippen molar-refractivity contribution >= 4 is 15.7 Å². The van der Waals surface area contributed by atoms with E-state index < -0.39 is 15.8 Å². The number of nitrogens with two attached hydrogens (primary N) is 1. The van der Waals surface area contributed by atoms with E-state index in [1.807, 2.05) is 19.1 Å². The van der Waals surface area contributed by atoms with E-state index in [-0.39, 0.29) is 17.1 Å². The van der Waals surface area contributed by atoms with Gasteiger partial charge in [-0.1, -0.05) is 12.2 Å². The zero-order chi connectivity index (χ0) is 12.9. The molecule has 4 nitrogen and oxygen atoms in total. The molecule has 3 N–H and O–H groups in total. The molecule has 0 atom stereocenters. The molecular weight excluding hydrogens is 243 g/mol. The lowest BCUT2D eigenvalue weighted by molar-refractivity contribution is 0.581. The number of hydrogen-bond acceptors (Lipinski definition) is 3. The number of halogens is 1. The molecule has 0 aliphatic carbocycles. The summed E-state index contributed by atoms with van der Waals surface area (Å²) in [6, 6.07) is 3.21. The summed E-state index contributed by atoms with van der Waals surface area (Å²) < 4.78 is 38.8. The second kappa shape index (κ2) is 5.79. The maximum absolute atomic E-state index is 12.8. The lowest BCUT2D eigenvalue weighted by Gasteiger charge is -2.08. The van der Waals surface area contributed by atoms with Crippen LogP contribution in [0.2, 0.25) is 0 Å². The SMILES string of the molecule is C/C=C/CCNS(=O)(=O)c1ccc(F)cc1N. The molecule has 6 heteroatoms. The number of nitrogen functional groups attached to an aromatic ring is 1. The van der Waals surface area contributed by atoms with E-state index in [2.05, 4.69) is 4.72 Å². The number of rotatable bonds is 5. The van der Waals surface area contributed by atoms with E-state index >= 15 is 0 Å². The highest BCUT2D eigenvalue weighted by Crippen LogP contribution is 2.18. The highest BCUT2D eigenvalue weighted by atomic mass is 32.2. The zero-order valence-corrected chi connectivity index (χ0v) is 10.3. The van der Waals surface area contributed by atoms with Gasteiger partial charge in [-0.05, 0) is 31.5 Å². The molecule has 0 aromatic heterocycles. The molecule has 0 saturated carbocycles. The standard InChI is InChI=1S/C11H15FN2O2S/c1-2-3-4-7-14-17(15,16)11-6-5-9(12)8-10(11)13/h2-3,5-6,8,14H,4,7,13H2,1H3/b3-2+. The van der Waals surface area contributed by atoms with Crippen LogP contribution in [-0.2, 0) is 10.0 Å². The average molecular weight is 258 g/mol. The van der Waals surface area contributed by atoms with Crippen molar-refractivity contribution in [2.45, 2.75) is 18.2 Å². The van der Waals surface area contributed by atoms with Crippen molar-refractivity contribution in [2.24, 2.45) is 0 Å². The van der Waals surface area contributed by atoms with Crippen molar-refractivity contribution in [3.63, 3.8) is 0 Å². The van der Waals surface area contributed by atoms with Gasteiger partial charge in [-0.2, -0.15) is 0 Å². The first-order valence-electron chi connectivity index (χ1n) is 5.13. The normalized spacial score (nSPS) is 12.1. The highest BCUT2D eigenvalue weighted by Gasteiger charge is 2.16. The third-order valence-corrected chi connectivity index (χ3v) is 3.64. The topological polar surface area (TPSA) is 72.2 Å². The molecule has 0 spiro atoms. The van der Waals surface area contributed by atoms with Crippen molar-refractivity contribution < 1.29 is 12.8 Å². The molecule has 0 aliphatic heterocycles. The second-order valence-corrected chi connectivity index (χ2v) is 5.17. The van der Waals surface area contributed by atoms with Crippen LogP contribution in [0.5, 0.6) is 0 Å². The Labute approximate surface area is 100 Å². The number of nitrogens with one attached hydrogen (secondary N) is 1. The Balaban J connectivity index is 2.82. The highest BCUT2D eigenvalue weighted by molar-refractivity contribution is 7.89. The summed E-state index contributed by atoms with van der Waals surface area (Å²) in [5.41, 5.74) is 5.37. The predicted octanol–water partition coefficient (Wildman–Crippen LogP) is 1.65. The number of sulfonamides is 1. The quantitative estimate of drug-likeness (QED) is 0.479. The van der Waals surface area contributed by atoms with Gasteiger partial charge >= 0.3 is 0 Å². The first-order chi connectivity index (χ1) is 7.97. The van der Waals surface area contributed by atoms with E-state index in [0.29, 0.717) is 6.42 Å². The average Bonchev–Trinajstić information content (AvgIpc) is 2.24. The van der Waals surface area contributed by atoms with Gasteiger partial charge in [0.25, 0.3) is 0 Å². The monoisotopic (exact) mass is 258 g/mol. The van der Waals surface area contributed by atoms with Crippen LogP contribution in [0.25, 0.3) is 0 Å². The molecule has 17 heavy (non-hydrogen) atoms. The van der Waals surface area contributed by atoms with E-state index in [0.717, 1.165) is 18.2 Å². The van der Waals surface area contributed by atoms with Crippen molar-refractivity contribution in [1.82, 2.24) is 4.72 Å². The Morgan fingerprint density at radius 2 is 2.18 bits per heavy atom. The molecule has 0 fully saturated rings. The van der Waals surface area contributed by atoms with Gasteiger partial charge in [0.1, 0.15) is 10.7 Å². The summed E-state index contributed by atoms with van der Waals surface area (Å²) in [5.74, 6) is -0.560. The van der Waals surface area contributed by atoms with Crippen LogP contribution < -0.4 is 10.5 Å². The number of allylic oxidation sites excluding steroid dienone is 1. The fourth-order valence-corrected chi connectivity index (χ4v) is 2.44. The first-order valence-corrected chi connectivity index (χ1v) is 6.61. The van der Waals surface area contributed by atoms with Crippen molar-refractivity contribution in [3.8, 4) is 0 Å². The molecule has 1 rings (SSSR count). The Bertz CT molecular complexity index is 512. The van der Waals surface area contributed by atoms with Crippen LogP contribution in [0.3, 0.4) is 0 Å². The van der Waals surface area contributed by atoms with Crippen LogP contribution in [-0.4, -0.2) is 15.0 Å². The van der Waals surface area contributed by atoms with Gasteiger partial charge in [-0.15, -0.1) is 0 Å². The molecule has 94 valence electrons. The van der Waals surface area contributed by atoms with Crippen molar-refractivity contribution in [2.75, 3.05) is 12.3 Å². The van der Waals surface area contributed by atoms with Gasteiger partial charge in [0.15, 0.2) is 0 Å². The Morgan fingerprint density at radius 3 is 2.76 bits per heavy atom. The smallest absolute Gasteiger partial charge is 0.242 e. The largest absolute Gasteiger partial charge is 0.398 e. The summed E-state index contributed by atoms with van der Waals surface area (Å²) >= 11 is 0. The Morgan fingerprint density at radius 1 is 1.47 bits per heavy atom. The van der Waals surface area contributed by atoms with Crippen LogP contribution in [0.15, 0.2) is 35.2 Å². The van der Waals surface area contributed by atoms with Gasteiger partial charge in [-0.3, -0.25) is 0 Å². The minimum Gasteiger partial charge on any atom is -0.398 e. The van der Waals surface area contributed by atoms with E-state index in [4.69, 9.17) is 5.73 Å². The molecular formula is C11H15FN2O2S. The zero-order valence-electron chi connectivity index (χ0n) is 9.48. The molecule has 1 aromatic rings. The van der Waals surface area contributed by atoms with Gasteiger partial charge < -0.3 is 5.73 Å². The Kier molecular flexibility index (Phi) is 4.65. The minimum absolute atomic E-state index is 0.0940. The molecule has 0 heterocycles. The second-order valence-electron chi connectivity index (χ2n) is 3.44. The number of benzene rings is 1. The number of anilines is 1. The third-order valence-electron chi connectivity index (χ3n) is 2.10. The van der Waals surface area contributed by atoms with E-state index in [9.17, 15) is 12.8 Å². The lowest BCUT2D eigenvalue weighted by Crippen LogP contribution is -2.25. The fourth-order valence-electron chi connectivity index (χ4n) is 1.29. The molecule has 0 amide bonds. The van der Waals surface area contributed by atoms with Crippen LogP contribution in [0.1, 0.15) is 13.3 Å². The number of hydrogen-bond donors (Lipinski definition) is 2. The van der Waals surface area contributed by atoms with Crippen molar-refractivity contribution in [1.29, 1.82) is 0 Å². The maximum Gasteiger partial charge on any atom is 0.242 e. The van der Waals surface area contributed by atoms with Crippen LogP contribution in [0, 0.1) is 5.82 Å². The maximum atomic E-state index is 12.8. The first kappa shape index (κ1) is 13.7. The summed E-state index contributed by atoms with van der Waals surface area (Å²) in [7, 11) is -3.66. The summed E-state index contributed by atoms with van der Waals surface area (Å²) in [4.78, 5) is -0.0978. The molecule has 1 aromatic carbocycles. The summed E-state index contributed by atoms with van der Waals surface area (Å²) in [6.07, 6.45) is 4.27. The van der Waals surface area contributed by atoms with Gasteiger partial charge in [0.05, 0.1) is 5.69 Å². The van der Waals surface area contributed by atoms with Gasteiger partial charge in [-0.25, -0.2) is 17.5 Å². The van der Waals surface area contributed by atoms with Crippen molar-refractivity contribution in [3.05, 3.63) is 36.2 Å². The summed E-state index contributed by atoms with van der Waals surface area (Å²) in [5, 5.41) is 0. The molecule has 0 aliphatic rings. The predicted molar refractivity (Wildman–Crippen MR) is 65.4 cm³/mol.